The number of hydrogen-bond acceptors (Lipinski definition) is 2. The van der Waals surface area contributed by atoms with Gasteiger partial charge in [0.15, 0.2) is 5.69 Å². The summed E-state index contributed by atoms with van der Waals surface area (Å²) in [7, 11) is 0. The van der Waals surface area contributed by atoms with Crippen LogP contribution in [0.5, 0.6) is 0 Å². The van der Waals surface area contributed by atoms with Crippen molar-refractivity contribution in [2.24, 2.45) is 0 Å². The average Bonchev–Trinajstić information content (AvgIpc) is 2.82. The van der Waals surface area contributed by atoms with Crippen LogP contribution in [-0.4, -0.2) is 9.78 Å². The SMILES string of the molecule is CC(C)c1ccccc1-n1ncc(CC#N)c1C(F)(F)F. The Hall–Kier alpha value is -2.29. The van der Waals surface area contributed by atoms with Crippen molar-refractivity contribution in [1.29, 1.82) is 5.26 Å². The van der Waals surface area contributed by atoms with E-state index in [0.717, 1.165) is 16.4 Å². The predicted octanol–water partition coefficient (Wildman–Crippen LogP) is 4.08. The zero-order valence-corrected chi connectivity index (χ0v) is 11.6. The molecule has 3 nitrogen and oxygen atoms in total. The molecule has 1 aromatic carbocycles. The van der Waals surface area contributed by atoms with Gasteiger partial charge in [-0.15, -0.1) is 0 Å². The number of halogens is 3. The molecule has 0 saturated carbocycles. The highest BCUT2D eigenvalue weighted by molar-refractivity contribution is 5.45. The Morgan fingerprint density at radius 1 is 1.29 bits per heavy atom. The molecule has 21 heavy (non-hydrogen) atoms. The van der Waals surface area contributed by atoms with Crippen LogP contribution >= 0.6 is 0 Å². The van der Waals surface area contributed by atoms with Crippen molar-refractivity contribution in [3.63, 3.8) is 0 Å². The second-order valence-electron chi connectivity index (χ2n) is 4.98. The standard InChI is InChI=1S/C15H14F3N3/c1-10(2)12-5-3-4-6-13(12)21-14(15(16,17)18)11(7-8-19)9-20-21/h3-6,9-10H,7H2,1-2H3. The Bertz CT molecular complexity index is 678. The van der Waals surface area contributed by atoms with E-state index in [0.29, 0.717) is 5.69 Å². The van der Waals surface area contributed by atoms with Crippen LogP contribution in [-0.2, 0) is 12.6 Å². The first-order chi connectivity index (χ1) is 9.86. The van der Waals surface area contributed by atoms with Crippen LogP contribution in [0.4, 0.5) is 13.2 Å². The maximum atomic E-state index is 13.3. The van der Waals surface area contributed by atoms with Gasteiger partial charge in [-0.1, -0.05) is 32.0 Å². The van der Waals surface area contributed by atoms with Gasteiger partial charge in [0, 0.05) is 5.56 Å². The van der Waals surface area contributed by atoms with E-state index in [9.17, 15) is 13.2 Å². The summed E-state index contributed by atoms with van der Waals surface area (Å²) in [5, 5.41) is 12.5. The molecule has 0 amide bonds. The molecule has 0 aliphatic carbocycles. The molecular weight excluding hydrogens is 279 g/mol. The first kappa shape index (κ1) is 15.1. The Balaban J connectivity index is 2.69. The fraction of sp³-hybridized carbons (Fsp3) is 0.333. The van der Waals surface area contributed by atoms with Crippen molar-refractivity contribution < 1.29 is 13.2 Å². The van der Waals surface area contributed by atoms with E-state index in [1.165, 1.54) is 0 Å². The highest BCUT2D eigenvalue weighted by Crippen LogP contribution is 2.35. The second-order valence-corrected chi connectivity index (χ2v) is 4.98. The molecule has 0 aliphatic heterocycles. The third kappa shape index (κ3) is 2.92. The van der Waals surface area contributed by atoms with E-state index in [1.807, 2.05) is 13.8 Å². The summed E-state index contributed by atoms with van der Waals surface area (Å²) in [5.41, 5.74) is 0.180. The van der Waals surface area contributed by atoms with E-state index >= 15 is 0 Å². The van der Waals surface area contributed by atoms with Gasteiger partial charge in [-0.25, -0.2) is 4.68 Å². The smallest absolute Gasteiger partial charge is 0.228 e. The minimum absolute atomic E-state index is 0.0610. The molecule has 0 fully saturated rings. The van der Waals surface area contributed by atoms with Gasteiger partial charge in [-0.3, -0.25) is 0 Å². The Morgan fingerprint density at radius 3 is 2.52 bits per heavy atom. The minimum Gasteiger partial charge on any atom is -0.228 e. The normalized spacial score (nSPS) is 11.7. The topological polar surface area (TPSA) is 41.6 Å². The Labute approximate surface area is 120 Å². The number of alkyl halides is 3. The highest BCUT2D eigenvalue weighted by atomic mass is 19.4. The van der Waals surface area contributed by atoms with E-state index in [-0.39, 0.29) is 17.9 Å². The molecule has 2 aromatic rings. The molecule has 0 radical (unpaired) electrons. The predicted molar refractivity (Wildman–Crippen MR) is 72.0 cm³/mol. The zero-order chi connectivity index (χ0) is 15.6. The van der Waals surface area contributed by atoms with Crippen LogP contribution in [0.1, 0.15) is 36.6 Å². The van der Waals surface area contributed by atoms with E-state index < -0.39 is 11.9 Å². The quantitative estimate of drug-likeness (QED) is 0.855. The van der Waals surface area contributed by atoms with Crippen molar-refractivity contribution in [2.45, 2.75) is 32.4 Å². The molecule has 6 heteroatoms. The first-order valence-electron chi connectivity index (χ1n) is 6.46. The van der Waals surface area contributed by atoms with E-state index in [1.54, 1.807) is 30.3 Å². The zero-order valence-electron chi connectivity index (χ0n) is 11.6. The number of benzene rings is 1. The lowest BCUT2D eigenvalue weighted by atomic mass is 10.0. The molecule has 0 N–H and O–H groups in total. The maximum Gasteiger partial charge on any atom is 0.433 e. The van der Waals surface area contributed by atoms with Crippen molar-refractivity contribution in [2.75, 3.05) is 0 Å². The molecule has 1 heterocycles. The summed E-state index contributed by atoms with van der Waals surface area (Å²) < 4.78 is 40.8. The average molecular weight is 293 g/mol. The molecule has 0 saturated heterocycles. The van der Waals surface area contributed by atoms with E-state index in [4.69, 9.17) is 5.26 Å². The molecule has 0 spiro atoms. The van der Waals surface area contributed by atoms with Crippen LogP contribution in [0, 0.1) is 11.3 Å². The fourth-order valence-corrected chi connectivity index (χ4v) is 2.25. The molecule has 2 rings (SSSR count). The number of para-hydroxylation sites is 1. The van der Waals surface area contributed by atoms with E-state index in [2.05, 4.69) is 5.10 Å². The lowest BCUT2D eigenvalue weighted by molar-refractivity contribution is -0.143. The maximum absolute atomic E-state index is 13.3. The van der Waals surface area contributed by atoms with Crippen LogP contribution < -0.4 is 0 Å². The lowest BCUT2D eigenvalue weighted by Gasteiger charge is -2.16. The molecule has 110 valence electrons. The molecule has 1 aromatic heterocycles. The Morgan fingerprint density at radius 2 is 1.95 bits per heavy atom. The summed E-state index contributed by atoms with van der Waals surface area (Å²) in [5.74, 6) is 0.0610. The van der Waals surface area contributed by atoms with Crippen molar-refractivity contribution in [1.82, 2.24) is 9.78 Å². The number of aromatic nitrogens is 2. The van der Waals surface area contributed by atoms with Crippen LogP contribution in [0.2, 0.25) is 0 Å². The summed E-state index contributed by atoms with van der Waals surface area (Å²) in [6.45, 7) is 3.82. The first-order valence-corrected chi connectivity index (χ1v) is 6.46. The van der Waals surface area contributed by atoms with Gasteiger partial charge < -0.3 is 0 Å². The van der Waals surface area contributed by atoms with Gasteiger partial charge in [0.25, 0.3) is 0 Å². The Kier molecular flexibility index (Phi) is 4.03. The number of hydrogen-bond donors (Lipinski definition) is 0. The van der Waals surface area contributed by atoms with Gasteiger partial charge in [0.2, 0.25) is 0 Å². The van der Waals surface area contributed by atoms with Crippen LogP contribution in [0.25, 0.3) is 5.69 Å². The van der Waals surface area contributed by atoms with Crippen LogP contribution in [0.15, 0.2) is 30.5 Å². The van der Waals surface area contributed by atoms with Crippen molar-refractivity contribution in [3.05, 3.63) is 47.3 Å². The van der Waals surface area contributed by atoms with Crippen molar-refractivity contribution in [3.8, 4) is 11.8 Å². The molecule has 0 bridgehead atoms. The monoisotopic (exact) mass is 293 g/mol. The lowest BCUT2D eigenvalue weighted by Crippen LogP contribution is -2.16. The number of nitriles is 1. The van der Waals surface area contributed by atoms with Gasteiger partial charge in [-0.2, -0.15) is 23.5 Å². The number of nitrogens with zero attached hydrogens (tertiary/aromatic N) is 3. The molecular formula is C15H14F3N3. The summed E-state index contributed by atoms with van der Waals surface area (Å²) >= 11 is 0. The van der Waals surface area contributed by atoms with Gasteiger partial charge >= 0.3 is 6.18 Å². The van der Waals surface area contributed by atoms with Crippen LogP contribution in [0.3, 0.4) is 0 Å². The van der Waals surface area contributed by atoms with Gasteiger partial charge in [-0.05, 0) is 17.5 Å². The van der Waals surface area contributed by atoms with Gasteiger partial charge in [0.05, 0.1) is 24.4 Å². The van der Waals surface area contributed by atoms with Gasteiger partial charge in [0.1, 0.15) is 0 Å². The summed E-state index contributed by atoms with van der Waals surface area (Å²) in [4.78, 5) is 0. The summed E-state index contributed by atoms with van der Waals surface area (Å²) in [6.07, 6.45) is -3.77. The molecule has 0 aliphatic rings. The fourth-order valence-electron chi connectivity index (χ4n) is 2.25. The third-order valence-electron chi connectivity index (χ3n) is 3.17. The minimum atomic E-state index is -4.56. The highest BCUT2D eigenvalue weighted by Gasteiger charge is 2.38. The molecule has 0 unspecified atom stereocenters. The second kappa shape index (κ2) is 5.60. The largest absolute Gasteiger partial charge is 0.433 e. The summed E-state index contributed by atoms with van der Waals surface area (Å²) in [6, 6.07) is 8.59. The number of rotatable bonds is 3. The third-order valence-corrected chi connectivity index (χ3v) is 3.17. The van der Waals surface area contributed by atoms with Crippen molar-refractivity contribution >= 4 is 0 Å². The molecule has 0 atom stereocenters.